The zero-order valence-electron chi connectivity index (χ0n) is 16.6. The highest BCUT2D eigenvalue weighted by Crippen LogP contribution is 2.31. The smallest absolute Gasteiger partial charge is 0.271 e. The Morgan fingerprint density at radius 3 is 2.68 bits per heavy atom. The molecule has 1 atom stereocenters. The summed E-state index contributed by atoms with van der Waals surface area (Å²) in [6.45, 7) is 1.94. The summed E-state index contributed by atoms with van der Waals surface area (Å²) in [4.78, 5) is 15.0. The van der Waals surface area contributed by atoms with Gasteiger partial charge in [0, 0.05) is 12.6 Å². The molecule has 150 valence electrons. The van der Waals surface area contributed by atoms with Crippen molar-refractivity contribution in [1.82, 2.24) is 20.4 Å². The first-order valence-electron chi connectivity index (χ1n) is 10.5. The van der Waals surface area contributed by atoms with E-state index in [0.29, 0.717) is 11.7 Å². The largest absolute Gasteiger partial charge is 0.497 e. The first kappa shape index (κ1) is 19.0. The second-order valence-corrected chi connectivity index (χ2v) is 7.99. The van der Waals surface area contributed by atoms with Gasteiger partial charge in [-0.2, -0.15) is 5.10 Å². The molecule has 0 radical (unpaired) electrons. The number of nitrogens with one attached hydrogen (secondary N) is 2. The Bertz CT molecular complexity index is 780. The average Bonchev–Trinajstić information content (AvgIpc) is 3.41. The number of likely N-dealkylation sites (tertiary alicyclic amines) is 1. The van der Waals surface area contributed by atoms with Crippen LogP contribution in [-0.4, -0.2) is 40.7 Å². The Hall–Kier alpha value is -2.34. The third-order valence-electron chi connectivity index (χ3n) is 6.04. The maximum absolute atomic E-state index is 12.5. The number of methoxy groups -OCH3 is 1. The minimum Gasteiger partial charge on any atom is -0.497 e. The second kappa shape index (κ2) is 8.78. The summed E-state index contributed by atoms with van der Waals surface area (Å²) in [5, 5.41) is 10.6. The zero-order chi connectivity index (χ0) is 19.3. The Morgan fingerprint density at radius 1 is 1.18 bits per heavy atom. The molecule has 1 saturated carbocycles. The molecule has 2 N–H and O–H groups in total. The number of aromatic amines is 1. The van der Waals surface area contributed by atoms with Crippen LogP contribution in [0.4, 0.5) is 0 Å². The molecule has 1 aliphatic heterocycles. The normalized spacial score (nSPS) is 21.0. The van der Waals surface area contributed by atoms with Crippen molar-refractivity contribution in [2.24, 2.45) is 0 Å². The Balaban J connectivity index is 1.43. The van der Waals surface area contributed by atoms with Gasteiger partial charge in [-0.3, -0.25) is 14.8 Å². The molecule has 1 aliphatic carbocycles. The van der Waals surface area contributed by atoms with Crippen LogP contribution in [0.2, 0.25) is 0 Å². The van der Waals surface area contributed by atoms with Crippen LogP contribution in [0.25, 0.3) is 0 Å². The van der Waals surface area contributed by atoms with Crippen molar-refractivity contribution in [3.63, 3.8) is 0 Å². The molecule has 4 rings (SSSR count). The number of H-pyrrole nitrogens is 1. The molecular formula is C22H30N4O2. The number of nitrogens with zero attached hydrogens (tertiary/aromatic N) is 2. The lowest BCUT2D eigenvalue weighted by Gasteiger charge is -2.35. The van der Waals surface area contributed by atoms with Crippen LogP contribution < -0.4 is 10.1 Å². The molecule has 6 nitrogen and oxygen atoms in total. The number of amides is 1. The third kappa shape index (κ3) is 4.38. The van der Waals surface area contributed by atoms with E-state index in [1.807, 2.05) is 18.2 Å². The lowest BCUT2D eigenvalue weighted by molar-refractivity contribution is 0.0932. The number of hydrogen-bond donors (Lipinski definition) is 2. The summed E-state index contributed by atoms with van der Waals surface area (Å²) in [6.07, 6.45) is 8.07. The summed E-state index contributed by atoms with van der Waals surface area (Å²) in [5.74, 6) is 0.831. The van der Waals surface area contributed by atoms with E-state index in [2.05, 4.69) is 32.5 Å². The Kier molecular flexibility index (Phi) is 5.95. The van der Waals surface area contributed by atoms with Gasteiger partial charge in [0.2, 0.25) is 0 Å². The van der Waals surface area contributed by atoms with E-state index >= 15 is 0 Å². The summed E-state index contributed by atoms with van der Waals surface area (Å²) in [7, 11) is 1.69. The number of carbonyl (C=O) groups is 1. The molecule has 0 spiro atoms. The first-order chi connectivity index (χ1) is 13.7. The van der Waals surface area contributed by atoms with Crippen LogP contribution in [0.15, 0.2) is 30.3 Å². The van der Waals surface area contributed by atoms with Crippen LogP contribution in [0, 0.1) is 0 Å². The van der Waals surface area contributed by atoms with Crippen molar-refractivity contribution in [2.75, 3.05) is 13.7 Å². The van der Waals surface area contributed by atoms with Crippen LogP contribution in [0.3, 0.4) is 0 Å². The maximum atomic E-state index is 12.5. The van der Waals surface area contributed by atoms with E-state index in [1.54, 1.807) is 7.11 Å². The van der Waals surface area contributed by atoms with Crippen molar-refractivity contribution in [1.29, 1.82) is 0 Å². The van der Waals surface area contributed by atoms with Crippen LogP contribution in [-0.2, 0) is 6.54 Å². The quantitative estimate of drug-likeness (QED) is 0.797. The van der Waals surface area contributed by atoms with Crippen LogP contribution in [0.1, 0.15) is 72.7 Å². The van der Waals surface area contributed by atoms with Gasteiger partial charge in [-0.05, 0) is 56.0 Å². The fraction of sp³-hybridized carbons (Fsp3) is 0.545. The van der Waals surface area contributed by atoms with Gasteiger partial charge in [0.05, 0.1) is 18.8 Å². The monoisotopic (exact) mass is 382 g/mol. The first-order valence-corrected chi connectivity index (χ1v) is 10.5. The average molecular weight is 383 g/mol. The minimum absolute atomic E-state index is 0.0492. The number of aromatic nitrogens is 2. The van der Waals surface area contributed by atoms with Gasteiger partial charge >= 0.3 is 0 Å². The SMILES string of the molecule is COc1ccc(CN2CCCC[C@@H]2c2cc(C(=O)NC3CCCC3)n[nH]2)cc1. The predicted molar refractivity (Wildman–Crippen MR) is 108 cm³/mol. The Morgan fingerprint density at radius 2 is 1.93 bits per heavy atom. The predicted octanol–water partition coefficient (Wildman–Crippen LogP) is 3.82. The molecule has 6 heteroatoms. The zero-order valence-corrected chi connectivity index (χ0v) is 16.6. The molecule has 1 aromatic carbocycles. The Labute approximate surface area is 166 Å². The van der Waals surface area contributed by atoms with Gasteiger partial charge in [0.15, 0.2) is 0 Å². The lowest BCUT2D eigenvalue weighted by Crippen LogP contribution is -2.33. The summed E-state index contributed by atoms with van der Waals surface area (Å²) < 4.78 is 5.26. The van der Waals surface area contributed by atoms with Crippen molar-refractivity contribution in [2.45, 2.75) is 63.6 Å². The lowest BCUT2D eigenvalue weighted by atomic mass is 9.98. The van der Waals surface area contributed by atoms with Crippen LogP contribution >= 0.6 is 0 Å². The minimum atomic E-state index is -0.0492. The number of hydrogen-bond acceptors (Lipinski definition) is 4. The van der Waals surface area contributed by atoms with Gasteiger partial charge in [0.1, 0.15) is 11.4 Å². The van der Waals surface area contributed by atoms with Crippen molar-refractivity contribution < 1.29 is 9.53 Å². The highest BCUT2D eigenvalue weighted by atomic mass is 16.5. The molecule has 0 unspecified atom stereocenters. The molecule has 2 aliphatic rings. The molecule has 2 aromatic rings. The van der Waals surface area contributed by atoms with E-state index in [0.717, 1.165) is 43.8 Å². The van der Waals surface area contributed by atoms with E-state index in [9.17, 15) is 4.79 Å². The maximum Gasteiger partial charge on any atom is 0.271 e. The summed E-state index contributed by atoms with van der Waals surface area (Å²) >= 11 is 0. The fourth-order valence-electron chi connectivity index (χ4n) is 4.45. The fourth-order valence-corrected chi connectivity index (χ4v) is 4.45. The number of piperidine rings is 1. The topological polar surface area (TPSA) is 70.2 Å². The van der Waals surface area contributed by atoms with Gasteiger partial charge in [0.25, 0.3) is 5.91 Å². The third-order valence-corrected chi connectivity index (χ3v) is 6.04. The van der Waals surface area contributed by atoms with E-state index in [-0.39, 0.29) is 11.9 Å². The van der Waals surface area contributed by atoms with Crippen molar-refractivity contribution in [3.8, 4) is 5.75 Å². The van der Waals surface area contributed by atoms with Gasteiger partial charge in [-0.15, -0.1) is 0 Å². The number of carbonyl (C=O) groups excluding carboxylic acids is 1. The molecule has 1 aromatic heterocycles. The highest BCUT2D eigenvalue weighted by Gasteiger charge is 2.27. The number of benzene rings is 1. The molecule has 2 heterocycles. The van der Waals surface area contributed by atoms with Crippen molar-refractivity contribution in [3.05, 3.63) is 47.3 Å². The van der Waals surface area contributed by atoms with E-state index in [1.165, 1.54) is 31.2 Å². The van der Waals surface area contributed by atoms with E-state index < -0.39 is 0 Å². The molecular weight excluding hydrogens is 352 g/mol. The van der Waals surface area contributed by atoms with Crippen molar-refractivity contribution >= 4 is 5.91 Å². The summed E-state index contributed by atoms with van der Waals surface area (Å²) in [6, 6.07) is 10.8. The van der Waals surface area contributed by atoms with Gasteiger partial charge in [-0.1, -0.05) is 31.4 Å². The standard InChI is InChI=1S/C22H30N4O2/c1-28-18-11-9-16(10-12-18)15-26-13-5-4-8-21(26)19-14-20(25-24-19)22(27)23-17-6-2-3-7-17/h9-12,14,17,21H,2-8,13,15H2,1H3,(H,23,27)(H,24,25)/t21-/m1/s1. The van der Waals surface area contributed by atoms with Crippen LogP contribution in [0.5, 0.6) is 5.75 Å². The molecule has 1 saturated heterocycles. The van der Waals surface area contributed by atoms with Gasteiger partial charge < -0.3 is 10.1 Å². The van der Waals surface area contributed by atoms with Gasteiger partial charge in [-0.25, -0.2) is 0 Å². The number of rotatable bonds is 6. The molecule has 2 fully saturated rings. The highest BCUT2D eigenvalue weighted by molar-refractivity contribution is 5.92. The number of ether oxygens (including phenoxy) is 1. The second-order valence-electron chi connectivity index (χ2n) is 7.99. The molecule has 28 heavy (non-hydrogen) atoms. The molecule has 0 bridgehead atoms. The molecule has 1 amide bonds. The van der Waals surface area contributed by atoms with E-state index in [4.69, 9.17) is 4.74 Å². The summed E-state index contributed by atoms with van der Waals surface area (Å²) in [5.41, 5.74) is 2.83.